The van der Waals surface area contributed by atoms with Gasteiger partial charge >= 0.3 is 10.2 Å². The summed E-state index contributed by atoms with van der Waals surface area (Å²) in [6.45, 7) is 0. The Morgan fingerprint density at radius 1 is 1.12 bits per heavy atom. The summed E-state index contributed by atoms with van der Waals surface area (Å²) >= 11 is 0. The fraction of sp³-hybridized carbons (Fsp3) is 0.182. The van der Waals surface area contributed by atoms with Gasteiger partial charge in [-0.15, -0.1) is 3.89 Å². The van der Waals surface area contributed by atoms with Crippen LogP contribution in [0.4, 0.5) is 3.89 Å². The van der Waals surface area contributed by atoms with Crippen molar-refractivity contribution in [3.05, 3.63) is 42.1 Å². The van der Waals surface area contributed by atoms with Gasteiger partial charge < -0.3 is 0 Å². The van der Waals surface area contributed by atoms with Gasteiger partial charge in [0, 0.05) is 17.5 Å². The Morgan fingerprint density at radius 3 is 2.62 bits per heavy atom. The van der Waals surface area contributed by atoms with Crippen molar-refractivity contribution in [2.24, 2.45) is 0 Å². The maximum Gasteiger partial charge on any atom is 0.302 e. The number of benzene rings is 1. The van der Waals surface area contributed by atoms with Gasteiger partial charge in [-0.25, -0.2) is 0 Å². The zero-order chi connectivity index (χ0) is 11.6. The van der Waals surface area contributed by atoms with Crippen molar-refractivity contribution in [1.29, 1.82) is 0 Å². The van der Waals surface area contributed by atoms with Gasteiger partial charge in [0.25, 0.3) is 0 Å². The molecule has 0 aliphatic heterocycles. The first-order valence-corrected chi connectivity index (χ1v) is 6.37. The molecule has 84 valence electrons. The summed E-state index contributed by atoms with van der Waals surface area (Å²) in [5.74, 6) is -0.516. The minimum absolute atomic E-state index is 0.101. The third-order valence-electron chi connectivity index (χ3n) is 2.26. The predicted molar refractivity (Wildman–Crippen MR) is 60.3 cm³/mol. The lowest BCUT2D eigenvalue weighted by Gasteiger charge is -2.01. The van der Waals surface area contributed by atoms with Gasteiger partial charge in [0.05, 0.1) is 11.3 Å². The number of aromatic nitrogens is 1. The van der Waals surface area contributed by atoms with Crippen LogP contribution < -0.4 is 0 Å². The zero-order valence-electron chi connectivity index (χ0n) is 8.43. The van der Waals surface area contributed by atoms with Crippen molar-refractivity contribution in [1.82, 2.24) is 4.98 Å². The van der Waals surface area contributed by atoms with Crippen molar-refractivity contribution in [2.75, 3.05) is 5.75 Å². The molecule has 0 radical (unpaired) electrons. The van der Waals surface area contributed by atoms with Gasteiger partial charge in [0.1, 0.15) is 0 Å². The van der Waals surface area contributed by atoms with Crippen LogP contribution in [0.5, 0.6) is 0 Å². The zero-order valence-corrected chi connectivity index (χ0v) is 9.24. The molecule has 0 aliphatic rings. The maximum absolute atomic E-state index is 12.3. The van der Waals surface area contributed by atoms with Crippen LogP contribution in [0.15, 0.2) is 36.4 Å². The molecular formula is C11H10FNO2S. The van der Waals surface area contributed by atoms with Gasteiger partial charge in [0.2, 0.25) is 0 Å². The normalized spacial score (nSPS) is 11.8. The second-order valence-electron chi connectivity index (χ2n) is 3.49. The van der Waals surface area contributed by atoms with Crippen LogP contribution in [-0.2, 0) is 16.6 Å². The Kier molecular flexibility index (Phi) is 2.87. The van der Waals surface area contributed by atoms with Gasteiger partial charge in [-0.2, -0.15) is 8.42 Å². The minimum atomic E-state index is -4.42. The fourth-order valence-corrected chi connectivity index (χ4v) is 1.93. The summed E-state index contributed by atoms with van der Waals surface area (Å²) in [7, 11) is -4.42. The summed E-state index contributed by atoms with van der Waals surface area (Å²) in [4.78, 5) is 4.25. The second kappa shape index (κ2) is 4.17. The van der Waals surface area contributed by atoms with E-state index in [1.165, 1.54) is 0 Å². The molecule has 0 bridgehead atoms. The van der Waals surface area contributed by atoms with E-state index in [1.54, 1.807) is 6.07 Å². The third kappa shape index (κ3) is 2.76. The number of para-hydroxylation sites is 1. The van der Waals surface area contributed by atoms with E-state index in [4.69, 9.17) is 0 Å². The molecule has 2 rings (SSSR count). The molecule has 5 heteroatoms. The largest absolute Gasteiger partial charge is 0.302 e. The highest BCUT2D eigenvalue weighted by molar-refractivity contribution is 7.86. The monoisotopic (exact) mass is 239 g/mol. The Bertz CT molecular complexity index is 610. The minimum Gasteiger partial charge on any atom is -0.253 e. The lowest BCUT2D eigenvalue weighted by atomic mass is 10.2. The van der Waals surface area contributed by atoms with Crippen molar-refractivity contribution in [3.8, 4) is 0 Å². The first-order valence-electron chi connectivity index (χ1n) is 4.82. The topological polar surface area (TPSA) is 47.0 Å². The van der Waals surface area contributed by atoms with Crippen molar-refractivity contribution in [3.63, 3.8) is 0 Å². The van der Waals surface area contributed by atoms with Crippen LogP contribution in [0.1, 0.15) is 5.69 Å². The van der Waals surface area contributed by atoms with E-state index in [0.717, 1.165) is 10.9 Å². The molecule has 0 fully saturated rings. The average Bonchev–Trinajstić information content (AvgIpc) is 2.25. The SMILES string of the molecule is O=S(=O)(F)CCc1ccc2ccccc2n1. The Hall–Kier alpha value is -1.49. The summed E-state index contributed by atoms with van der Waals surface area (Å²) in [5.41, 5.74) is 1.37. The lowest BCUT2D eigenvalue weighted by molar-refractivity contribution is 0.551. The number of aryl methyl sites for hydroxylation is 1. The molecule has 1 heterocycles. The highest BCUT2D eigenvalue weighted by atomic mass is 32.3. The summed E-state index contributed by atoms with van der Waals surface area (Å²) in [5, 5.41) is 0.981. The van der Waals surface area contributed by atoms with E-state index in [9.17, 15) is 12.3 Å². The first kappa shape index (κ1) is 11.0. The lowest BCUT2D eigenvalue weighted by Crippen LogP contribution is -2.03. The molecule has 0 amide bonds. The van der Waals surface area contributed by atoms with Crippen LogP contribution in [0.25, 0.3) is 10.9 Å². The van der Waals surface area contributed by atoms with E-state index in [0.29, 0.717) is 5.69 Å². The Balaban J connectivity index is 2.26. The molecule has 1 aromatic heterocycles. The van der Waals surface area contributed by atoms with Crippen molar-refractivity contribution >= 4 is 21.1 Å². The van der Waals surface area contributed by atoms with Gasteiger partial charge in [-0.3, -0.25) is 4.98 Å². The Labute approximate surface area is 93.1 Å². The molecule has 0 atom stereocenters. The van der Waals surface area contributed by atoms with E-state index in [1.807, 2.05) is 30.3 Å². The molecule has 3 nitrogen and oxygen atoms in total. The van der Waals surface area contributed by atoms with E-state index >= 15 is 0 Å². The fourth-order valence-electron chi connectivity index (χ4n) is 1.47. The van der Waals surface area contributed by atoms with Crippen molar-refractivity contribution in [2.45, 2.75) is 6.42 Å². The quantitative estimate of drug-likeness (QED) is 0.770. The third-order valence-corrected chi connectivity index (χ3v) is 2.95. The number of pyridine rings is 1. The molecule has 16 heavy (non-hydrogen) atoms. The molecule has 0 saturated carbocycles. The number of fused-ring (bicyclic) bond motifs is 1. The van der Waals surface area contributed by atoms with Crippen LogP contribution >= 0.6 is 0 Å². The number of nitrogens with zero attached hydrogens (tertiary/aromatic N) is 1. The number of hydrogen-bond donors (Lipinski definition) is 0. The number of hydrogen-bond acceptors (Lipinski definition) is 3. The van der Waals surface area contributed by atoms with Crippen LogP contribution in [0, 0.1) is 0 Å². The average molecular weight is 239 g/mol. The molecule has 1 aromatic carbocycles. The second-order valence-corrected chi connectivity index (χ2v) is 4.97. The van der Waals surface area contributed by atoms with Crippen LogP contribution in [0.3, 0.4) is 0 Å². The predicted octanol–water partition coefficient (Wildman–Crippen LogP) is 2.08. The molecule has 0 aliphatic carbocycles. The highest BCUT2D eigenvalue weighted by Gasteiger charge is 2.08. The van der Waals surface area contributed by atoms with E-state index in [2.05, 4.69) is 4.98 Å². The number of halogens is 1. The molecule has 0 unspecified atom stereocenters. The maximum atomic E-state index is 12.3. The number of rotatable bonds is 3. The summed E-state index contributed by atoms with van der Waals surface area (Å²) in [6.07, 6.45) is 0.101. The standard InChI is InChI=1S/C11H10FNO2S/c12-16(14,15)8-7-10-6-5-9-3-1-2-4-11(9)13-10/h1-6H,7-8H2. The molecule has 2 aromatic rings. The van der Waals surface area contributed by atoms with Gasteiger partial charge in [-0.1, -0.05) is 24.3 Å². The smallest absolute Gasteiger partial charge is 0.253 e. The molecular weight excluding hydrogens is 229 g/mol. The molecule has 0 N–H and O–H groups in total. The van der Waals surface area contributed by atoms with E-state index < -0.39 is 16.0 Å². The summed E-state index contributed by atoms with van der Waals surface area (Å²) in [6, 6.07) is 11.1. The molecule has 0 saturated heterocycles. The van der Waals surface area contributed by atoms with Crippen LogP contribution in [-0.4, -0.2) is 19.2 Å². The Morgan fingerprint density at radius 2 is 1.88 bits per heavy atom. The van der Waals surface area contributed by atoms with Gasteiger partial charge in [-0.05, 0) is 12.1 Å². The van der Waals surface area contributed by atoms with Gasteiger partial charge in [0.15, 0.2) is 0 Å². The molecule has 0 spiro atoms. The highest BCUT2D eigenvalue weighted by Crippen LogP contribution is 2.12. The van der Waals surface area contributed by atoms with E-state index in [-0.39, 0.29) is 6.42 Å². The van der Waals surface area contributed by atoms with Crippen molar-refractivity contribution < 1.29 is 12.3 Å². The first-order chi connectivity index (χ1) is 7.54. The van der Waals surface area contributed by atoms with Crippen LogP contribution in [0.2, 0.25) is 0 Å². The summed E-state index contributed by atoms with van der Waals surface area (Å²) < 4.78 is 33.1.